The molecule has 2 saturated carbocycles. The molecule has 4 nitrogen and oxygen atoms in total. The number of carbonyl (C=O) groups is 1. The van der Waals surface area contributed by atoms with Crippen molar-refractivity contribution >= 4 is 5.91 Å². The fraction of sp³-hybridized carbons (Fsp3) is 0.941. The predicted octanol–water partition coefficient (Wildman–Crippen LogP) is 1.76. The number of fused-ring (bicyclic) bond motifs is 2. The minimum Gasteiger partial charge on any atom is -0.393 e. The number of hydrogen-bond donors (Lipinski definition) is 2. The van der Waals surface area contributed by atoms with Crippen LogP contribution in [0.1, 0.15) is 51.9 Å². The van der Waals surface area contributed by atoms with E-state index in [9.17, 15) is 9.90 Å². The van der Waals surface area contributed by atoms with E-state index in [2.05, 4.69) is 4.90 Å². The Bertz CT molecular complexity index is 363. The molecule has 3 rings (SSSR count). The average Bonchev–Trinajstić information content (AvgIpc) is 2.46. The van der Waals surface area contributed by atoms with Crippen molar-refractivity contribution in [2.24, 2.45) is 29.4 Å². The summed E-state index contributed by atoms with van der Waals surface area (Å²) in [5.41, 5.74) is 6.32. The van der Waals surface area contributed by atoms with Crippen molar-refractivity contribution in [1.29, 1.82) is 0 Å². The standard InChI is InChI=1S/C17H30N2O2/c1-11(20)12-5-7-19(8-6-12)17(21)15-9-13-3-2-4-14(10-15)16(13)18/h11-16,20H,2-10,18H2,1H3. The summed E-state index contributed by atoms with van der Waals surface area (Å²) in [5, 5.41) is 9.67. The summed E-state index contributed by atoms with van der Waals surface area (Å²) in [5.74, 6) is 2.09. The van der Waals surface area contributed by atoms with Gasteiger partial charge in [0.1, 0.15) is 0 Å². The lowest BCUT2D eigenvalue weighted by Crippen LogP contribution is -2.51. The summed E-state index contributed by atoms with van der Waals surface area (Å²) in [6.07, 6.45) is 7.39. The smallest absolute Gasteiger partial charge is 0.225 e. The fourth-order valence-corrected chi connectivity index (χ4v) is 4.85. The van der Waals surface area contributed by atoms with E-state index in [1.807, 2.05) is 6.92 Å². The first-order valence-corrected chi connectivity index (χ1v) is 8.78. The van der Waals surface area contributed by atoms with Gasteiger partial charge in [0.2, 0.25) is 5.91 Å². The largest absolute Gasteiger partial charge is 0.393 e. The molecule has 120 valence electrons. The molecule has 0 aromatic heterocycles. The molecule has 1 heterocycles. The van der Waals surface area contributed by atoms with Gasteiger partial charge in [0.15, 0.2) is 0 Å². The molecule has 3 N–H and O–H groups in total. The van der Waals surface area contributed by atoms with Gasteiger partial charge in [-0.05, 0) is 63.2 Å². The third kappa shape index (κ3) is 3.11. The Balaban J connectivity index is 1.57. The van der Waals surface area contributed by atoms with Gasteiger partial charge in [0.05, 0.1) is 6.10 Å². The van der Waals surface area contributed by atoms with E-state index in [1.54, 1.807) is 0 Å². The Morgan fingerprint density at radius 1 is 1.14 bits per heavy atom. The van der Waals surface area contributed by atoms with E-state index in [1.165, 1.54) is 19.3 Å². The molecule has 2 bridgehead atoms. The molecule has 0 spiro atoms. The van der Waals surface area contributed by atoms with Crippen LogP contribution in [0.3, 0.4) is 0 Å². The Kier molecular flexibility index (Phi) is 4.55. The second kappa shape index (κ2) is 6.25. The van der Waals surface area contributed by atoms with Crippen molar-refractivity contribution < 1.29 is 9.90 Å². The minimum atomic E-state index is -0.241. The van der Waals surface area contributed by atoms with Crippen LogP contribution in [0.2, 0.25) is 0 Å². The highest BCUT2D eigenvalue weighted by molar-refractivity contribution is 5.79. The first-order chi connectivity index (χ1) is 10.1. The second-order valence-corrected chi connectivity index (χ2v) is 7.60. The molecule has 3 fully saturated rings. The summed E-state index contributed by atoms with van der Waals surface area (Å²) in [6, 6.07) is 0.337. The van der Waals surface area contributed by atoms with Gasteiger partial charge in [-0.1, -0.05) is 6.42 Å². The van der Waals surface area contributed by atoms with Crippen LogP contribution in [0, 0.1) is 23.7 Å². The number of aliphatic hydroxyl groups excluding tert-OH is 1. The number of rotatable bonds is 2. The van der Waals surface area contributed by atoms with Gasteiger partial charge in [0.25, 0.3) is 0 Å². The lowest BCUT2D eigenvalue weighted by atomic mass is 9.65. The number of piperidine rings is 1. The van der Waals surface area contributed by atoms with Crippen LogP contribution in [0.25, 0.3) is 0 Å². The highest BCUT2D eigenvalue weighted by atomic mass is 16.3. The minimum absolute atomic E-state index is 0.211. The van der Waals surface area contributed by atoms with Crippen LogP contribution in [-0.2, 0) is 4.79 Å². The van der Waals surface area contributed by atoms with Gasteiger partial charge in [0, 0.05) is 25.0 Å². The van der Waals surface area contributed by atoms with Gasteiger partial charge in [-0.3, -0.25) is 4.79 Å². The number of carbonyl (C=O) groups excluding carboxylic acids is 1. The van der Waals surface area contributed by atoms with E-state index in [4.69, 9.17) is 5.73 Å². The fourth-order valence-electron chi connectivity index (χ4n) is 4.85. The molecule has 0 radical (unpaired) electrons. The third-order valence-electron chi connectivity index (χ3n) is 6.30. The van der Waals surface area contributed by atoms with Gasteiger partial charge in [-0.15, -0.1) is 0 Å². The van der Waals surface area contributed by atoms with E-state index in [0.29, 0.717) is 29.7 Å². The Morgan fingerprint density at radius 2 is 1.71 bits per heavy atom. The maximum atomic E-state index is 12.8. The van der Waals surface area contributed by atoms with Crippen LogP contribution in [0.15, 0.2) is 0 Å². The van der Waals surface area contributed by atoms with Crippen molar-refractivity contribution in [3.63, 3.8) is 0 Å². The normalized spacial score (nSPS) is 39.1. The van der Waals surface area contributed by atoms with Crippen LogP contribution >= 0.6 is 0 Å². The maximum absolute atomic E-state index is 12.8. The van der Waals surface area contributed by atoms with Crippen LogP contribution in [0.4, 0.5) is 0 Å². The number of aliphatic hydroxyl groups is 1. The van der Waals surface area contributed by atoms with Gasteiger partial charge < -0.3 is 15.7 Å². The van der Waals surface area contributed by atoms with Crippen molar-refractivity contribution in [2.75, 3.05) is 13.1 Å². The number of amides is 1. The number of nitrogens with two attached hydrogens (primary N) is 1. The molecule has 1 amide bonds. The van der Waals surface area contributed by atoms with Gasteiger partial charge in [-0.25, -0.2) is 0 Å². The first-order valence-electron chi connectivity index (χ1n) is 8.78. The summed E-state index contributed by atoms with van der Waals surface area (Å²) >= 11 is 0. The SMILES string of the molecule is CC(O)C1CCN(C(=O)C2CC3CCCC(C2)C3N)CC1. The summed E-state index contributed by atoms with van der Waals surface area (Å²) in [4.78, 5) is 14.8. The molecule has 21 heavy (non-hydrogen) atoms. The molecule has 0 aromatic rings. The summed E-state index contributed by atoms with van der Waals surface area (Å²) in [7, 11) is 0. The molecule has 1 saturated heterocycles. The van der Waals surface area contributed by atoms with Crippen molar-refractivity contribution in [2.45, 2.75) is 64.0 Å². The van der Waals surface area contributed by atoms with E-state index < -0.39 is 0 Å². The molecule has 3 unspecified atom stereocenters. The maximum Gasteiger partial charge on any atom is 0.225 e. The number of likely N-dealkylation sites (tertiary alicyclic amines) is 1. The molecule has 2 aliphatic carbocycles. The van der Waals surface area contributed by atoms with E-state index in [-0.39, 0.29) is 12.0 Å². The summed E-state index contributed by atoms with van der Waals surface area (Å²) in [6.45, 7) is 3.52. The van der Waals surface area contributed by atoms with Crippen LogP contribution in [0.5, 0.6) is 0 Å². The van der Waals surface area contributed by atoms with E-state index >= 15 is 0 Å². The number of nitrogens with zero attached hydrogens (tertiary/aromatic N) is 1. The van der Waals surface area contributed by atoms with Gasteiger partial charge >= 0.3 is 0 Å². The zero-order valence-electron chi connectivity index (χ0n) is 13.2. The zero-order valence-corrected chi connectivity index (χ0v) is 13.2. The molecule has 1 aliphatic heterocycles. The topological polar surface area (TPSA) is 66.6 Å². The van der Waals surface area contributed by atoms with Crippen LogP contribution in [-0.4, -0.2) is 41.1 Å². The molecular weight excluding hydrogens is 264 g/mol. The quantitative estimate of drug-likeness (QED) is 0.815. The van der Waals surface area contributed by atoms with Crippen LogP contribution < -0.4 is 5.73 Å². The van der Waals surface area contributed by atoms with Crippen molar-refractivity contribution in [3.8, 4) is 0 Å². The molecular formula is C17H30N2O2. The van der Waals surface area contributed by atoms with E-state index in [0.717, 1.165) is 38.8 Å². The Morgan fingerprint density at radius 3 is 2.24 bits per heavy atom. The third-order valence-corrected chi connectivity index (χ3v) is 6.30. The molecule has 0 aromatic carbocycles. The Labute approximate surface area is 128 Å². The Hall–Kier alpha value is -0.610. The van der Waals surface area contributed by atoms with Crippen molar-refractivity contribution in [3.05, 3.63) is 0 Å². The second-order valence-electron chi connectivity index (χ2n) is 7.60. The van der Waals surface area contributed by atoms with Gasteiger partial charge in [-0.2, -0.15) is 0 Å². The lowest BCUT2D eigenvalue weighted by Gasteiger charge is -2.45. The monoisotopic (exact) mass is 294 g/mol. The highest BCUT2D eigenvalue weighted by Crippen LogP contribution is 2.42. The highest BCUT2D eigenvalue weighted by Gasteiger charge is 2.42. The van der Waals surface area contributed by atoms with Crippen molar-refractivity contribution in [1.82, 2.24) is 4.90 Å². The first kappa shape index (κ1) is 15.3. The average molecular weight is 294 g/mol. The lowest BCUT2D eigenvalue weighted by molar-refractivity contribution is -0.140. The predicted molar refractivity (Wildman–Crippen MR) is 82.5 cm³/mol. The molecule has 3 atom stereocenters. The zero-order chi connectivity index (χ0) is 15.0. The molecule has 4 heteroatoms. The molecule has 3 aliphatic rings. The summed E-state index contributed by atoms with van der Waals surface area (Å²) < 4.78 is 0. The number of hydrogen-bond acceptors (Lipinski definition) is 3.